The molecule has 11 heteroatoms. The molecule has 8 nitrogen and oxygen atoms in total. The van der Waals surface area contributed by atoms with Gasteiger partial charge in [0.1, 0.15) is 22.0 Å². The van der Waals surface area contributed by atoms with Crippen molar-refractivity contribution in [3.63, 3.8) is 0 Å². The number of morpholine rings is 1. The third-order valence-corrected chi connectivity index (χ3v) is 13.8. The lowest BCUT2D eigenvalue weighted by molar-refractivity contribution is -0.0737. The van der Waals surface area contributed by atoms with Crippen LogP contribution in [0.5, 0.6) is 0 Å². The number of fused-ring (bicyclic) bond motifs is 1. The van der Waals surface area contributed by atoms with Gasteiger partial charge in [0.2, 0.25) is 0 Å². The van der Waals surface area contributed by atoms with Crippen LogP contribution in [-0.2, 0) is 13.9 Å². The van der Waals surface area contributed by atoms with Gasteiger partial charge in [0, 0.05) is 12.4 Å². The van der Waals surface area contributed by atoms with E-state index in [-0.39, 0.29) is 30.3 Å². The Morgan fingerprint density at radius 2 is 1.77 bits per heavy atom. The lowest BCUT2D eigenvalue weighted by Crippen LogP contribution is -2.68. The molecule has 1 aliphatic rings. The molecule has 2 aromatic carbocycles. The zero-order valence-electron chi connectivity index (χ0n) is 25.0. The maximum Gasteiger partial charge on any atom is 0.410 e. The van der Waals surface area contributed by atoms with E-state index in [9.17, 15) is 4.79 Å². The SMILES string of the molecule is CCCCOC(=O)N1CC(c2nc(Br)c3c(Cl)nccn23)OCC1CO[Si](c1ccccc1)(c1ccccc1)C(C)(C)C. The van der Waals surface area contributed by atoms with Gasteiger partial charge in [-0.25, -0.2) is 14.8 Å². The molecule has 2 aromatic heterocycles. The molecule has 0 spiro atoms. The Hall–Kier alpha value is -2.76. The van der Waals surface area contributed by atoms with Crippen LogP contribution in [0, 0.1) is 0 Å². The minimum atomic E-state index is -2.83. The predicted octanol–water partition coefficient (Wildman–Crippen LogP) is 6.40. The second-order valence-electron chi connectivity index (χ2n) is 11.8. The van der Waals surface area contributed by atoms with E-state index in [1.165, 1.54) is 10.4 Å². The fourth-order valence-electron chi connectivity index (χ4n) is 5.80. The summed E-state index contributed by atoms with van der Waals surface area (Å²) in [5, 5.41) is 2.49. The van der Waals surface area contributed by atoms with Crippen LogP contribution in [0.25, 0.3) is 5.52 Å². The molecule has 1 amide bonds. The Balaban J connectivity index is 1.48. The highest BCUT2D eigenvalue weighted by Crippen LogP contribution is 2.38. The first-order valence-corrected chi connectivity index (χ1v) is 17.7. The Morgan fingerprint density at radius 1 is 1.12 bits per heavy atom. The number of halogens is 2. The third-order valence-electron chi connectivity index (χ3n) is 7.94. The van der Waals surface area contributed by atoms with Gasteiger partial charge in [0.15, 0.2) is 5.15 Å². The number of rotatable bonds is 9. The molecule has 0 radical (unpaired) electrons. The van der Waals surface area contributed by atoms with E-state index in [1.54, 1.807) is 17.3 Å². The second kappa shape index (κ2) is 13.5. The Bertz CT molecular complexity index is 1490. The van der Waals surface area contributed by atoms with Gasteiger partial charge in [0.25, 0.3) is 8.32 Å². The molecule has 0 N–H and O–H groups in total. The number of carbonyl (C=O) groups excluding carboxylic acids is 1. The van der Waals surface area contributed by atoms with Crippen molar-refractivity contribution in [3.8, 4) is 0 Å². The number of imidazole rings is 1. The summed E-state index contributed by atoms with van der Waals surface area (Å²) in [6.07, 6.45) is 4.26. The van der Waals surface area contributed by atoms with Crippen molar-refractivity contribution < 1.29 is 18.7 Å². The highest BCUT2D eigenvalue weighted by molar-refractivity contribution is 9.10. The monoisotopic (exact) mass is 684 g/mol. The second-order valence-corrected chi connectivity index (χ2v) is 17.2. The van der Waals surface area contributed by atoms with Gasteiger partial charge in [-0.05, 0) is 37.8 Å². The molecule has 0 saturated carbocycles. The summed E-state index contributed by atoms with van der Waals surface area (Å²) in [5.74, 6) is 0.629. The molecule has 3 heterocycles. The Kier molecular flexibility index (Phi) is 9.92. The molecule has 2 atom stereocenters. The highest BCUT2D eigenvalue weighted by Gasteiger charge is 2.51. The minimum absolute atomic E-state index is 0.200. The maximum atomic E-state index is 13.6. The fraction of sp³-hybridized carbons (Fsp3) is 0.406. The average molecular weight is 686 g/mol. The number of hydrogen-bond donors (Lipinski definition) is 0. The van der Waals surface area contributed by atoms with E-state index >= 15 is 0 Å². The number of carbonyl (C=O) groups is 1. The highest BCUT2D eigenvalue weighted by atomic mass is 79.9. The third kappa shape index (κ3) is 6.39. The van der Waals surface area contributed by atoms with Crippen LogP contribution in [-0.4, -0.2) is 66.1 Å². The van der Waals surface area contributed by atoms with Crippen molar-refractivity contribution in [2.75, 3.05) is 26.4 Å². The largest absolute Gasteiger partial charge is 0.449 e. The van der Waals surface area contributed by atoms with Gasteiger partial charge in [-0.15, -0.1) is 0 Å². The van der Waals surface area contributed by atoms with Crippen LogP contribution in [0.2, 0.25) is 10.2 Å². The van der Waals surface area contributed by atoms with Crippen molar-refractivity contribution >= 4 is 57.8 Å². The number of ether oxygens (including phenoxy) is 2. The van der Waals surface area contributed by atoms with E-state index < -0.39 is 14.4 Å². The molecule has 1 saturated heterocycles. The van der Waals surface area contributed by atoms with Crippen LogP contribution in [0.15, 0.2) is 77.7 Å². The molecule has 5 rings (SSSR count). The predicted molar refractivity (Wildman–Crippen MR) is 175 cm³/mol. The lowest BCUT2D eigenvalue weighted by Gasteiger charge is -2.45. The number of amides is 1. The topological polar surface area (TPSA) is 78.2 Å². The van der Waals surface area contributed by atoms with Crippen LogP contribution in [0.1, 0.15) is 52.5 Å². The van der Waals surface area contributed by atoms with Gasteiger partial charge >= 0.3 is 6.09 Å². The first-order chi connectivity index (χ1) is 20.7. The molecule has 0 aliphatic carbocycles. The molecule has 228 valence electrons. The maximum absolute atomic E-state index is 13.6. The number of nitrogens with zero attached hydrogens (tertiary/aromatic N) is 4. The summed E-state index contributed by atoms with van der Waals surface area (Å²) in [5.41, 5.74) is 0.650. The van der Waals surface area contributed by atoms with Crippen LogP contribution in [0.3, 0.4) is 0 Å². The summed E-state index contributed by atoms with van der Waals surface area (Å²) in [6.45, 7) is 9.96. The number of hydrogen-bond acceptors (Lipinski definition) is 6. The van der Waals surface area contributed by atoms with Gasteiger partial charge < -0.3 is 13.9 Å². The molecule has 43 heavy (non-hydrogen) atoms. The van der Waals surface area contributed by atoms with Crippen LogP contribution < -0.4 is 10.4 Å². The molecular formula is C32H38BrClN4O4Si. The molecule has 1 aliphatic heterocycles. The van der Waals surface area contributed by atoms with E-state index in [4.69, 9.17) is 30.5 Å². The van der Waals surface area contributed by atoms with Crippen molar-refractivity contribution in [2.24, 2.45) is 0 Å². The normalized spacial score (nSPS) is 17.8. The van der Waals surface area contributed by atoms with Crippen molar-refractivity contribution in [1.29, 1.82) is 0 Å². The van der Waals surface area contributed by atoms with E-state index in [0.29, 0.717) is 34.3 Å². The lowest BCUT2D eigenvalue weighted by atomic mass is 10.2. The first kappa shape index (κ1) is 31.7. The van der Waals surface area contributed by atoms with Gasteiger partial charge in [-0.2, -0.15) is 0 Å². The summed E-state index contributed by atoms with van der Waals surface area (Å²) in [7, 11) is -2.83. The zero-order chi connectivity index (χ0) is 30.6. The number of unbranched alkanes of at least 4 members (excludes halogenated alkanes) is 1. The molecule has 1 fully saturated rings. The quantitative estimate of drug-likeness (QED) is 0.150. The molecule has 0 bridgehead atoms. The van der Waals surface area contributed by atoms with Crippen molar-refractivity contribution in [1.82, 2.24) is 19.3 Å². The fourth-order valence-corrected chi connectivity index (χ4v) is 11.3. The van der Waals surface area contributed by atoms with Gasteiger partial charge in [-0.3, -0.25) is 9.30 Å². The van der Waals surface area contributed by atoms with E-state index in [2.05, 4.69) is 97.1 Å². The Morgan fingerprint density at radius 3 is 2.37 bits per heavy atom. The Labute approximate surface area is 267 Å². The summed E-state index contributed by atoms with van der Waals surface area (Å²) >= 11 is 9.88. The van der Waals surface area contributed by atoms with Crippen LogP contribution >= 0.6 is 27.5 Å². The van der Waals surface area contributed by atoms with Crippen molar-refractivity contribution in [3.05, 3.63) is 88.6 Å². The molecule has 4 aromatic rings. The standard InChI is InChI=1S/C32H38BrClN4O4Si/c1-5-6-19-40-31(39)38-20-26(30-36-28(33)27-29(34)35-17-18-37(27)30)41-21-23(38)22-42-43(32(2,3)4,24-13-9-7-10-14-24)25-15-11-8-12-16-25/h7-18,23,26H,5-6,19-22H2,1-4H3. The number of aromatic nitrogens is 3. The van der Waals surface area contributed by atoms with Gasteiger partial charge in [0.05, 0.1) is 32.4 Å². The summed E-state index contributed by atoms with van der Waals surface area (Å²) in [6, 6.07) is 20.6. The summed E-state index contributed by atoms with van der Waals surface area (Å²) < 4.78 is 21.8. The molecule has 2 unspecified atom stereocenters. The smallest absolute Gasteiger partial charge is 0.410 e. The van der Waals surface area contributed by atoms with E-state index in [0.717, 1.165) is 12.8 Å². The average Bonchev–Trinajstić information content (AvgIpc) is 3.35. The minimum Gasteiger partial charge on any atom is -0.449 e. The molecular weight excluding hydrogens is 648 g/mol. The first-order valence-electron chi connectivity index (χ1n) is 14.6. The summed E-state index contributed by atoms with van der Waals surface area (Å²) in [4.78, 5) is 24.2. The zero-order valence-corrected chi connectivity index (χ0v) is 28.3. The van der Waals surface area contributed by atoms with Crippen molar-refractivity contribution in [2.45, 2.75) is 57.7 Å². The number of benzene rings is 2. The van der Waals surface area contributed by atoms with Gasteiger partial charge in [-0.1, -0.05) is 106 Å². The van der Waals surface area contributed by atoms with E-state index in [1.807, 2.05) is 16.5 Å². The van der Waals surface area contributed by atoms with Crippen LogP contribution in [0.4, 0.5) is 4.79 Å².